The van der Waals surface area contributed by atoms with Crippen molar-refractivity contribution in [2.45, 2.75) is 57.1 Å². The Morgan fingerprint density at radius 1 is 1.12 bits per heavy atom. The van der Waals surface area contributed by atoms with Gasteiger partial charge in [-0.3, -0.25) is 0 Å². The van der Waals surface area contributed by atoms with E-state index < -0.39 is 42.9 Å². The third-order valence-corrected chi connectivity index (χ3v) is 2.33. The first-order valence-electron chi connectivity index (χ1n) is 5.24. The minimum absolute atomic E-state index is 0.401. The Balaban J connectivity index is 2.77. The highest BCUT2D eigenvalue weighted by atomic mass is 16.7. The Kier molecular flexibility index (Phi) is 4.28. The number of aliphatic hydroxyl groups excluding tert-OH is 4. The van der Waals surface area contributed by atoms with E-state index in [1.165, 1.54) is 0 Å². The van der Waals surface area contributed by atoms with Gasteiger partial charge in [-0.25, -0.2) is 0 Å². The SMILES string of the molecule is CC(C)(C)OC1C(CO)OC(O)C(O)C1O. The van der Waals surface area contributed by atoms with Gasteiger partial charge in [-0.1, -0.05) is 0 Å². The summed E-state index contributed by atoms with van der Waals surface area (Å²) < 4.78 is 10.5. The third-order valence-electron chi connectivity index (χ3n) is 2.33. The van der Waals surface area contributed by atoms with Gasteiger partial charge in [0.25, 0.3) is 0 Å². The third kappa shape index (κ3) is 3.13. The number of aliphatic hydroxyl groups is 4. The molecule has 1 aliphatic rings. The van der Waals surface area contributed by atoms with Crippen molar-refractivity contribution in [3.63, 3.8) is 0 Å². The van der Waals surface area contributed by atoms with Crippen LogP contribution in [0.25, 0.3) is 0 Å². The van der Waals surface area contributed by atoms with Crippen LogP contribution >= 0.6 is 0 Å². The second-order valence-corrected chi connectivity index (χ2v) is 4.92. The van der Waals surface area contributed by atoms with Crippen molar-refractivity contribution in [3.05, 3.63) is 0 Å². The van der Waals surface area contributed by atoms with Crippen LogP contribution in [0.5, 0.6) is 0 Å². The monoisotopic (exact) mass is 236 g/mol. The maximum Gasteiger partial charge on any atom is 0.184 e. The standard InChI is InChI=1S/C10H20O6/c1-10(2,3)16-8-5(4-11)15-9(14)7(13)6(8)12/h5-9,11-14H,4H2,1-3H3. The molecule has 1 fully saturated rings. The van der Waals surface area contributed by atoms with Crippen molar-refractivity contribution in [2.24, 2.45) is 0 Å². The summed E-state index contributed by atoms with van der Waals surface area (Å²) in [7, 11) is 0. The van der Waals surface area contributed by atoms with Crippen LogP contribution in [0.3, 0.4) is 0 Å². The molecule has 16 heavy (non-hydrogen) atoms. The van der Waals surface area contributed by atoms with Crippen molar-refractivity contribution in [1.82, 2.24) is 0 Å². The predicted molar refractivity (Wildman–Crippen MR) is 54.6 cm³/mol. The van der Waals surface area contributed by atoms with Gasteiger partial charge in [0.05, 0.1) is 12.2 Å². The van der Waals surface area contributed by atoms with E-state index in [0.29, 0.717) is 0 Å². The quantitative estimate of drug-likeness (QED) is 0.471. The average molecular weight is 236 g/mol. The van der Waals surface area contributed by atoms with Crippen molar-refractivity contribution in [2.75, 3.05) is 6.61 Å². The lowest BCUT2D eigenvalue weighted by Crippen LogP contribution is -2.60. The fraction of sp³-hybridized carbons (Fsp3) is 1.00. The van der Waals surface area contributed by atoms with Gasteiger partial charge in [-0.05, 0) is 20.8 Å². The van der Waals surface area contributed by atoms with Gasteiger partial charge in [-0.15, -0.1) is 0 Å². The highest BCUT2D eigenvalue weighted by Gasteiger charge is 2.45. The molecule has 0 aromatic carbocycles. The molecule has 1 saturated heterocycles. The number of hydrogen-bond donors (Lipinski definition) is 4. The van der Waals surface area contributed by atoms with Crippen LogP contribution in [0.2, 0.25) is 0 Å². The zero-order valence-electron chi connectivity index (χ0n) is 9.70. The lowest BCUT2D eigenvalue weighted by atomic mass is 9.98. The van der Waals surface area contributed by atoms with Gasteiger partial charge in [-0.2, -0.15) is 0 Å². The molecule has 6 nitrogen and oxygen atoms in total. The van der Waals surface area contributed by atoms with Crippen molar-refractivity contribution >= 4 is 0 Å². The fourth-order valence-corrected chi connectivity index (χ4v) is 1.62. The second-order valence-electron chi connectivity index (χ2n) is 4.92. The Hall–Kier alpha value is -0.240. The minimum Gasteiger partial charge on any atom is -0.394 e. The molecule has 0 aromatic heterocycles. The first-order chi connectivity index (χ1) is 7.26. The van der Waals surface area contributed by atoms with E-state index in [1.54, 1.807) is 20.8 Å². The van der Waals surface area contributed by atoms with Crippen LogP contribution in [0.15, 0.2) is 0 Å². The van der Waals surface area contributed by atoms with E-state index in [1.807, 2.05) is 0 Å². The van der Waals surface area contributed by atoms with E-state index in [-0.39, 0.29) is 0 Å². The highest BCUT2D eigenvalue weighted by Crippen LogP contribution is 2.25. The first kappa shape index (κ1) is 13.8. The van der Waals surface area contributed by atoms with Crippen LogP contribution in [-0.2, 0) is 9.47 Å². The molecule has 5 unspecified atom stereocenters. The summed E-state index contributed by atoms with van der Waals surface area (Å²) in [6, 6.07) is 0. The van der Waals surface area contributed by atoms with Gasteiger partial charge in [0.2, 0.25) is 0 Å². The average Bonchev–Trinajstić information content (AvgIpc) is 2.17. The van der Waals surface area contributed by atoms with E-state index >= 15 is 0 Å². The molecule has 6 heteroatoms. The van der Waals surface area contributed by atoms with Gasteiger partial charge in [0.1, 0.15) is 24.4 Å². The molecule has 96 valence electrons. The summed E-state index contributed by atoms with van der Waals surface area (Å²) in [4.78, 5) is 0. The maximum absolute atomic E-state index is 9.75. The lowest BCUT2D eigenvalue weighted by Gasteiger charge is -2.42. The number of hydrogen-bond acceptors (Lipinski definition) is 6. The fourth-order valence-electron chi connectivity index (χ4n) is 1.62. The molecule has 0 radical (unpaired) electrons. The van der Waals surface area contributed by atoms with Crippen LogP contribution < -0.4 is 0 Å². The number of ether oxygens (including phenoxy) is 2. The molecule has 0 saturated carbocycles. The zero-order chi connectivity index (χ0) is 12.5. The Morgan fingerprint density at radius 3 is 2.12 bits per heavy atom. The molecular weight excluding hydrogens is 216 g/mol. The molecule has 0 spiro atoms. The largest absolute Gasteiger partial charge is 0.394 e. The van der Waals surface area contributed by atoms with Crippen molar-refractivity contribution in [3.8, 4) is 0 Å². The van der Waals surface area contributed by atoms with Gasteiger partial charge in [0, 0.05) is 0 Å². The molecule has 1 rings (SSSR count). The minimum atomic E-state index is -1.51. The van der Waals surface area contributed by atoms with Crippen LogP contribution in [0.1, 0.15) is 20.8 Å². The Bertz CT molecular complexity index is 224. The number of rotatable bonds is 2. The summed E-state index contributed by atoms with van der Waals surface area (Å²) in [5.74, 6) is 0. The lowest BCUT2D eigenvalue weighted by molar-refractivity contribution is -0.305. The van der Waals surface area contributed by atoms with Gasteiger partial charge >= 0.3 is 0 Å². The molecule has 1 heterocycles. The zero-order valence-corrected chi connectivity index (χ0v) is 9.70. The van der Waals surface area contributed by atoms with E-state index in [9.17, 15) is 15.3 Å². The molecule has 0 aliphatic carbocycles. The summed E-state index contributed by atoms with van der Waals surface area (Å²) in [5, 5.41) is 37.5. The van der Waals surface area contributed by atoms with Crippen LogP contribution in [0.4, 0.5) is 0 Å². The van der Waals surface area contributed by atoms with Crippen LogP contribution in [0, 0.1) is 0 Å². The highest BCUT2D eigenvalue weighted by molar-refractivity contribution is 4.90. The normalized spacial score (nSPS) is 41.1. The predicted octanol–water partition coefficient (Wildman–Crippen LogP) is -1.40. The Morgan fingerprint density at radius 2 is 1.69 bits per heavy atom. The van der Waals surface area contributed by atoms with Crippen LogP contribution in [-0.4, -0.2) is 63.3 Å². The molecule has 1 aliphatic heterocycles. The van der Waals surface area contributed by atoms with E-state index in [0.717, 1.165) is 0 Å². The molecule has 5 atom stereocenters. The molecule has 0 amide bonds. The molecular formula is C10H20O6. The van der Waals surface area contributed by atoms with E-state index in [4.69, 9.17) is 14.6 Å². The van der Waals surface area contributed by atoms with Crippen molar-refractivity contribution < 1.29 is 29.9 Å². The maximum atomic E-state index is 9.75. The summed E-state index contributed by atoms with van der Waals surface area (Å²) >= 11 is 0. The topological polar surface area (TPSA) is 99.4 Å². The second kappa shape index (κ2) is 4.95. The summed E-state index contributed by atoms with van der Waals surface area (Å²) in [6.45, 7) is 4.95. The molecule has 0 bridgehead atoms. The summed E-state index contributed by atoms with van der Waals surface area (Å²) in [5.41, 5.74) is -0.551. The summed E-state index contributed by atoms with van der Waals surface area (Å²) in [6.07, 6.45) is -5.96. The van der Waals surface area contributed by atoms with Gasteiger partial charge in [0.15, 0.2) is 6.29 Å². The van der Waals surface area contributed by atoms with E-state index in [2.05, 4.69) is 0 Å². The van der Waals surface area contributed by atoms with Crippen molar-refractivity contribution in [1.29, 1.82) is 0 Å². The molecule has 0 aromatic rings. The smallest absolute Gasteiger partial charge is 0.184 e. The Labute approximate surface area is 94.4 Å². The van der Waals surface area contributed by atoms with Gasteiger partial charge < -0.3 is 29.9 Å². The molecule has 4 N–H and O–H groups in total. The first-order valence-corrected chi connectivity index (χ1v) is 5.24.